The van der Waals surface area contributed by atoms with Gasteiger partial charge >= 0.3 is 35.2 Å². The molecule has 3 aromatic carbocycles. The maximum Gasteiger partial charge on any atom is 0.384 e. The Morgan fingerprint density at radius 2 is 1.05 bits per heavy atom. The largest absolute Gasteiger partial charge is 0.478 e. The fourth-order valence-corrected chi connectivity index (χ4v) is 5.41. The molecule has 0 aliphatic heterocycles. The van der Waals surface area contributed by atoms with Crippen LogP contribution in [0.1, 0.15) is 31.1 Å². The lowest BCUT2D eigenvalue weighted by Crippen LogP contribution is -2.33. The summed E-state index contributed by atoms with van der Waals surface area (Å²) in [5.41, 5.74) is 3.98. The van der Waals surface area contributed by atoms with Crippen LogP contribution < -0.4 is 9.13 Å². The third-order valence-electron chi connectivity index (χ3n) is 7.13. The van der Waals surface area contributed by atoms with Crippen molar-refractivity contribution in [3.05, 3.63) is 71.3 Å². The third kappa shape index (κ3) is 2.57. The van der Waals surface area contributed by atoms with Gasteiger partial charge in [0.2, 0.25) is 0 Å². The molecule has 0 unspecified atom stereocenters. The van der Waals surface area contributed by atoms with Crippen LogP contribution in [-0.4, -0.2) is 51.4 Å². The van der Waals surface area contributed by atoms with Crippen molar-refractivity contribution in [2.45, 2.75) is 0 Å². The van der Waals surface area contributed by atoms with Crippen LogP contribution in [0.3, 0.4) is 0 Å². The van der Waals surface area contributed by atoms with Crippen LogP contribution in [0.15, 0.2) is 54.6 Å². The molecule has 4 aromatic heterocycles. The third-order valence-corrected chi connectivity index (χ3v) is 7.13. The molecule has 0 spiro atoms. The van der Waals surface area contributed by atoms with Crippen LogP contribution in [0.25, 0.3) is 50.4 Å². The topological polar surface area (TPSA) is 146 Å². The summed E-state index contributed by atoms with van der Waals surface area (Å²) in [4.78, 5) is 40.3. The number of aromatic carboxylic acids is 3. The molecule has 4 heterocycles. The number of fused-ring (bicyclic) bond motifs is 12. The van der Waals surface area contributed by atoms with Crippen molar-refractivity contribution < 1.29 is 38.8 Å². The first-order chi connectivity index (χ1) is 18.2. The van der Waals surface area contributed by atoms with Gasteiger partial charge in [-0.15, -0.1) is 13.2 Å². The molecule has 0 aliphatic rings. The highest BCUT2D eigenvalue weighted by molar-refractivity contribution is 5.97. The summed E-state index contributed by atoms with van der Waals surface area (Å²) < 4.78 is 9.28. The second-order valence-electron chi connectivity index (χ2n) is 9.16. The quantitative estimate of drug-likeness (QED) is 0.308. The van der Waals surface area contributed by atoms with Gasteiger partial charge in [-0.05, 0) is 54.6 Å². The van der Waals surface area contributed by atoms with Crippen molar-refractivity contribution in [3.8, 4) is 0 Å². The number of hydrogen-bond acceptors (Lipinski definition) is 4. The fraction of sp³-hybridized carbons (Fsp3) is 0.0769. The Hall–Kier alpha value is -5.52. The van der Waals surface area contributed by atoms with Gasteiger partial charge < -0.3 is 15.3 Å². The van der Waals surface area contributed by atoms with Crippen molar-refractivity contribution in [2.24, 2.45) is 14.1 Å². The number of imidazole rings is 3. The molecule has 12 heteroatoms. The van der Waals surface area contributed by atoms with E-state index in [1.165, 1.54) is 24.3 Å². The van der Waals surface area contributed by atoms with E-state index in [2.05, 4.69) is 0 Å². The Labute approximate surface area is 211 Å². The normalized spacial score (nSPS) is 12.1. The highest BCUT2D eigenvalue weighted by Crippen LogP contribution is 2.28. The summed E-state index contributed by atoms with van der Waals surface area (Å²) >= 11 is 0. The van der Waals surface area contributed by atoms with E-state index < -0.39 is 17.9 Å². The van der Waals surface area contributed by atoms with Gasteiger partial charge in [-0.1, -0.05) is 0 Å². The van der Waals surface area contributed by atoms with Gasteiger partial charge in [-0.25, -0.2) is 23.5 Å². The number of nitrogens with zero attached hydrogens (tertiary/aromatic N) is 6. The second-order valence-corrected chi connectivity index (χ2v) is 9.16. The molecule has 186 valence electrons. The molecule has 0 amide bonds. The number of carboxylic acid groups (broad SMARTS) is 3. The van der Waals surface area contributed by atoms with E-state index in [9.17, 15) is 29.7 Å². The summed E-state index contributed by atoms with van der Waals surface area (Å²) in [5, 5.41) is 29.0. The Kier molecular flexibility index (Phi) is 4.02. The highest BCUT2D eigenvalue weighted by Gasteiger charge is 2.33. The first-order valence-electron chi connectivity index (χ1n) is 11.5. The van der Waals surface area contributed by atoms with Crippen LogP contribution in [0.2, 0.25) is 0 Å². The zero-order valence-corrected chi connectivity index (χ0v) is 19.9. The van der Waals surface area contributed by atoms with E-state index in [1.807, 2.05) is 36.4 Å². The standard InChI is InChI=1S/C26H16N6O6/c1-28-16-7-4-13(22(35)36)10-19(16)31-24-27-15-6-3-12(21(33)34)9-18(15)30(24)25-29(2)17-8-5-14(23(37)38)11-20(17)32(25)26(28)31/h3-11H,1-2H3,(H-2,33,34,35,36,37,38)/p+2. The van der Waals surface area contributed by atoms with E-state index in [-0.39, 0.29) is 16.7 Å². The minimum absolute atomic E-state index is 0.0838. The van der Waals surface area contributed by atoms with Crippen molar-refractivity contribution >= 4 is 68.3 Å². The van der Waals surface area contributed by atoms with E-state index >= 15 is 0 Å². The molecule has 3 N–H and O–H groups in total. The van der Waals surface area contributed by atoms with Crippen molar-refractivity contribution in [2.75, 3.05) is 0 Å². The number of hydrogen-bond donors (Lipinski definition) is 3. The Morgan fingerprint density at radius 3 is 1.55 bits per heavy atom. The zero-order chi connectivity index (χ0) is 26.6. The summed E-state index contributed by atoms with van der Waals surface area (Å²) in [6, 6.07) is 14.3. The Balaban J connectivity index is 1.86. The molecular weight excluding hydrogens is 492 g/mol. The van der Waals surface area contributed by atoms with Gasteiger partial charge in [0, 0.05) is 0 Å². The maximum absolute atomic E-state index is 11.9. The van der Waals surface area contributed by atoms with E-state index in [0.717, 1.165) is 11.0 Å². The van der Waals surface area contributed by atoms with Crippen molar-refractivity contribution in [1.29, 1.82) is 0 Å². The average molecular weight is 510 g/mol. The number of aryl methyl sites for hydroxylation is 2. The van der Waals surface area contributed by atoms with Crippen LogP contribution in [0.5, 0.6) is 0 Å². The lowest BCUT2D eigenvalue weighted by Gasteiger charge is -1.99. The summed E-state index contributed by atoms with van der Waals surface area (Å²) in [5.74, 6) is -1.59. The van der Waals surface area contributed by atoms with Gasteiger partial charge in [0.05, 0.1) is 30.8 Å². The molecule has 0 aliphatic carbocycles. The molecule has 12 nitrogen and oxygen atoms in total. The fourth-order valence-electron chi connectivity index (χ4n) is 5.41. The Bertz CT molecular complexity index is 2220. The molecule has 38 heavy (non-hydrogen) atoms. The molecule has 0 fully saturated rings. The molecule has 0 saturated carbocycles. The summed E-state index contributed by atoms with van der Waals surface area (Å²) in [6.07, 6.45) is 0. The zero-order valence-electron chi connectivity index (χ0n) is 19.9. The van der Waals surface area contributed by atoms with Crippen LogP contribution >= 0.6 is 0 Å². The van der Waals surface area contributed by atoms with Gasteiger partial charge in [0.1, 0.15) is 22.1 Å². The molecule has 0 atom stereocenters. The first kappa shape index (κ1) is 21.7. The van der Waals surface area contributed by atoms with E-state index in [4.69, 9.17) is 4.98 Å². The molecule has 0 bridgehead atoms. The van der Waals surface area contributed by atoms with Crippen molar-refractivity contribution in [3.63, 3.8) is 0 Å². The SMILES string of the molecule is C[n+]1c2ccc(C(=O)O)cc2n2c1n1c3cc(C(=O)O)ccc3nc1n1c3cc(C(=O)O)ccc3[n+](C)c12. The first-order valence-corrected chi connectivity index (χ1v) is 11.5. The summed E-state index contributed by atoms with van der Waals surface area (Å²) in [7, 11) is 3.68. The number of rotatable bonds is 3. The molecule has 0 radical (unpaired) electrons. The van der Waals surface area contributed by atoms with Gasteiger partial charge in [-0.2, -0.15) is 4.98 Å². The smallest absolute Gasteiger partial charge is 0.384 e. The lowest BCUT2D eigenvalue weighted by molar-refractivity contribution is -0.626. The lowest BCUT2D eigenvalue weighted by atomic mass is 10.2. The van der Waals surface area contributed by atoms with Gasteiger partial charge in [0.15, 0.2) is 11.0 Å². The van der Waals surface area contributed by atoms with Gasteiger partial charge in [0.25, 0.3) is 0 Å². The summed E-state index contributed by atoms with van der Waals surface area (Å²) in [6.45, 7) is 0. The molecular formula is C26H18N6O6+2. The number of aromatic nitrogens is 6. The minimum Gasteiger partial charge on any atom is -0.478 e. The Morgan fingerprint density at radius 1 is 0.632 bits per heavy atom. The number of benzene rings is 3. The molecule has 0 saturated heterocycles. The number of carboxylic acids is 3. The van der Waals surface area contributed by atoms with E-state index in [0.29, 0.717) is 39.4 Å². The van der Waals surface area contributed by atoms with Crippen LogP contribution in [-0.2, 0) is 14.1 Å². The molecule has 7 rings (SSSR count). The minimum atomic E-state index is -1.08. The van der Waals surface area contributed by atoms with Crippen LogP contribution in [0, 0.1) is 0 Å². The van der Waals surface area contributed by atoms with Crippen molar-refractivity contribution in [1.82, 2.24) is 18.2 Å². The van der Waals surface area contributed by atoms with Gasteiger partial charge in [-0.3, -0.25) is 0 Å². The maximum atomic E-state index is 11.9. The average Bonchev–Trinajstić information content (AvgIpc) is 3.51. The highest BCUT2D eigenvalue weighted by atomic mass is 16.4. The predicted molar refractivity (Wildman–Crippen MR) is 133 cm³/mol. The predicted octanol–water partition coefficient (Wildman–Crippen LogP) is 2.04. The van der Waals surface area contributed by atoms with E-state index in [1.54, 1.807) is 30.3 Å². The second kappa shape index (κ2) is 7.03. The number of carbonyl (C=O) groups is 3. The monoisotopic (exact) mass is 510 g/mol. The molecule has 7 aromatic rings. The van der Waals surface area contributed by atoms with Crippen LogP contribution in [0.4, 0.5) is 0 Å².